The van der Waals surface area contributed by atoms with Crippen LogP contribution in [-0.4, -0.2) is 11.9 Å². The molecule has 0 fully saturated rings. The Hall–Kier alpha value is -2.62. The Balaban J connectivity index is 1.91. The predicted molar refractivity (Wildman–Crippen MR) is 76.7 cm³/mol. The van der Waals surface area contributed by atoms with Crippen LogP contribution in [0.15, 0.2) is 54.6 Å². The molecule has 1 amide bonds. The minimum atomic E-state index is -0.547. The number of carbonyl (C=O) groups is 2. The third kappa shape index (κ3) is 3.95. The summed E-state index contributed by atoms with van der Waals surface area (Å²) in [5.74, 6) is -0.0497. The van der Waals surface area contributed by atoms with Crippen LogP contribution in [0.4, 0.5) is 10.5 Å². The van der Waals surface area contributed by atoms with Crippen LogP contribution in [0.2, 0.25) is 0 Å². The molecule has 4 heteroatoms. The standard InChI is InChI=1S/C16H15NO3/c1-12(18)14-8-5-9-15(10-14)17-16(19)20-11-13-6-3-2-4-7-13/h2-10H,11H2,1H3,(H,17,19). The maximum Gasteiger partial charge on any atom is 0.411 e. The van der Waals surface area contributed by atoms with E-state index in [9.17, 15) is 9.59 Å². The lowest BCUT2D eigenvalue weighted by atomic mass is 10.1. The van der Waals surface area contributed by atoms with Gasteiger partial charge < -0.3 is 4.74 Å². The highest BCUT2D eigenvalue weighted by Gasteiger charge is 2.05. The fourth-order valence-corrected chi connectivity index (χ4v) is 1.69. The summed E-state index contributed by atoms with van der Waals surface area (Å²) in [6.45, 7) is 1.69. The molecule has 0 aliphatic carbocycles. The van der Waals surface area contributed by atoms with E-state index in [0.29, 0.717) is 11.3 Å². The summed E-state index contributed by atoms with van der Waals surface area (Å²) in [7, 11) is 0. The number of carbonyl (C=O) groups excluding carboxylic acids is 2. The molecule has 2 aromatic rings. The van der Waals surface area contributed by atoms with Gasteiger partial charge in [-0.25, -0.2) is 4.79 Å². The lowest BCUT2D eigenvalue weighted by Crippen LogP contribution is -2.13. The third-order valence-electron chi connectivity index (χ3n) is 2.73. The van der Waals surface area contributed by atoms with Crippen LogP contribution in [0.1, 0.15) is 22.8 Å². The number of hydrogen-bond acceptors (Lipinski definition) is 3. The number of Topliss-reactive ketones (excluding diaryl/α,β-unsaturated/α-hetero) is 1. The fourth-order valence-electron chi connectivity index (χ4n) is 1.69. The van der Waals surface area contributed by atoms with E-state index in [2.05, 4.69) is 5.32 Å². The van der Waals surface area contributed by atoms with E-state index >= 15 is 0 Å². The number of rotatable bonds is 4. The van der Waals surface area contributed by atoms with Gasteiger partial charge in [-0.15, -0.1) is 0 Å². The Morgan fingerprint density at radius 1 is 1.05 bits per heavy atom. The maximum absolute atomic E-state index is 11.6. The summed E-state index contributed by atoms with van der Waals surface area (Å²) in [6.07, 6.45) is -0.547. The van der Waals surface area contributed by atoms with Gasteiger partial charge in [-0.05, 0) is 24.6 Å². The maximum atomic E-state index is 11.6. The molecule has 0 aliphatic heterocycles. The monoisotopic (exact) mass is 269 g/mol. The zero-order chi connectivity index (χ0) is 14.4. The molecule has 0 heterocycles. The minimum absolute atomic E-state index is 0.0497. The second-order valence-electron chi connectivity index (χ2n) is 4.32. The topological polar surface area (TPSA) is 55.4 Å². The molecule has 0 radical (unpaired) electrons. The number of benzene rings is 2. The van der Waals surface area contributed by atoms with Crippen molar-refractivity contribution < 1.29 is 14.3 Å². The van der Waals surface area contributed by atoms with Gasteiger partial charge in [-0.2, -0.15) is 0 Å². The molecular weight excluding hydrogens is 254 g/mol. The van der Waals surface area contributed by atoms with Gasteiger partial charge in [0.15, 0.2) is 5.78 Å². The van der Waals surface area contributed by atoms with E-state index in [1.165, 1.54) is 6.92 Å². The molecule has 0 spiro atoms. The summed E-state index contributed by atoms with van der Waals surface area (Å²) in [6, 6.07) is 16.2. The van der Waals surface area contributed by atoms with E-state index in [0.717, 1.165) is 5.56 Å². The first-order valence-corrected chi connectivity index (χ1v) is 6.24. The molecule has 1 N–H and O–H groups in total. The van der Waals surface area contributed by atoms with Gasteiger partial charge >= 0.3 is 6.09 Å². The second-order valence-corrected chi connectivity index (χ2v) is 4.32. The van der Waals surface area contributed by atoms with Gasteiger partial charge in [-0.3, -0.25) is 10.1 Å². The van der Waals surface area contributed by atoms with E-state index < -0.39 is 6.09 Å². The average Bonchev–Trinajstić information content (AvgIpc) is 2.46. The van der Waals surface area contributed by atoms with Crippen molar-refractivity contribution >= 4 is 17.6 Å². The molecular formula is C16H15NO3. The molecule has 4 nitrogen and oxygen atoms in total. The van der Waals surface area contributed by atoms with Gasteiger partial charge in [0.1, 0.15) is 6.61 Å². The largest absolute Gasteiger partial charge is 0.444 e. The first-order valence-electron chi connectivity index (χ1n) is 6.24. The summed E-state index contributed by atoms with van der Waals surface area (Å²) >= 11 is 0. The van der Waals surface area contributed by atoms with Crippen LogP contribution in [0.5, 0.6) is 0 Å². The van der Waals surface area contributed by atoms with Gasteiger partial charge in [0.2, 0.25) is 0 Å². The Bertz CT molecular complexity index is 608. The van der Waals surface area contributed by atoms with Gasteiger partial charge in [-0.1, -0.05) is 42.5 Å². The normalized spacial score (nSPS) is 9.85. The van der Waals surface area contributed by atoms with Gasteiger partial charge in [0.05, 0.1) is 0 Å². The number of ether oxygens (including phenoxy) is 1. The second kappa shape index (κ2) is 6.52. The first-order chi connectivity index (χ1) is 9.65. The van der Waals surface area contributed by atoms with Crippen molar-refractivity contribution in [1.82, 2.24) is 0 Å². The summed E-state index contributed by atoms with van der Waals surface area (Å²) in [5.41, 5.74) is 2.00. The Morgan fingerprint density at radius 3 is 2.50 bits per heavy atom. The van der Waals surface area contributed by atoms with Crippen molar-refractivity contribution in [3.63, 3.8) is 0 Å². The molecule has 0 aliphatic rings. The van der Waals surface area contributed by atoms with Crippen molar-refractivity contribution in [3.8, 4) is 0 Å². The van der Waals surface area contributed by atoms with Crippen molar-refractivity contribution in [2.75, 3.05) is 5.32 Å². The van der Waals surface area contributed by atoms with Crippen LogP contribution >= 0.6 is 0 Å². The smallest absolute Gasteiger partial charge is 0.411 e. The van der Waals surface area contributed by atoms with E-state index in [1.807, 2.05) is 30.3 Å². The zero-order valence-electron chi connectivity index (χ0n) is 11.1. The van der Waals surface area contributed by atoms with E-state index in [-0.39, 0.29) is 12.4 Å². The third-order valence-corrected chi connectivity index (χ3v) is 2.73. The molecule has 0 atom stereocenters. The van der Waals surface area contributed by atoms with Crippen molar-refractivity contribution in [2.45, 2.75) is 13.5 Å². The molecule has 0 aromatic heterocycles. The molecule has 0 saturated heterocycles. The number of hydrogen-bond donors (Lipinski definition) is 1. The minimum Gasteiger partial charge on any atom is -0.444 e. The Kier molecular flexibility index (Phi) is 4.50. The van der Waals surface area contributed by atoms with Gasteiger partial charge in [0.25, 0.3) is 0 Å². The lowest BCUT2D eigenvalue weighted by molar-refractivity contribution is 0.101. The number of anilines is 1. The van der Waals surface area contributed by atoms with Crippen LogP contribution < -0.4 is 5.32 Å². The number of amides is 1. The molecule has 2 rings (SSSR count). The van der Waals surface area contributed by atoms with Crippen LogP contribution in [0, 0.1) is 0 Å². The van der Waals surface area contributed by atoms with E-state index in [4.69, 9.17) is 4.74 Å². The van der Waals surface area contributed by atoms with Crippen LogP contribution in [0.3, 0.4) is 0 Å². The Morgan fingerprint density at radius 2 is 1.80 bits per heavy atom. The predicted octanol–water partition coefficient (Wildman–Crippen LogP) is 3.64. The highest BCUT2D eigenvalue weighted by Crippen LogP contribution is 2.12. The van der Waals surface area contributed by atoms with Crippen molar-refractivity contribution in [1.29, 1.82) is 0 Å². The van der Waals surface area contributed by atoms with Crippen molar-refractivity contribution in [3.05, 3.63) is 65.7 Å². The summed E-state index contributed by atoms with van der Waals surface area (Å²) < 4.78 is 5.10. The first kappa shape index (κ1) is 13.8. The molecule has 0 saturated carbocycles. The quantitative estimate of drug-likeness (QED) is 0.862. The van der Waals surface area contributed by atoms with Crippen molar-refractivity contribution in [2.24, 2.45) is 0 Å². The molecule has 102 valence electrons. The molecule has 2 aromatic carbocycles. The molecule has 0 unspecified atom stereocenters. The highest BCUT2D eigenvalue weighted by molar-refractivity contribution is 5.96. The molecule has 20 heavy (non-hydrogen) atoms. The average molecular weight is 269 g/mol. The highest BCUT2D eigenvalue weighted by atomic mass is 16.5. The summed E-state index contributed by atoms with van der Waals surface area (Å²) in [5, 5.41) is 2.59. The number of nitrogens with one attached hydrogen (secondary N) is 1. The zero-order valence-corrected chi connectivity index (χ0v) is 11.1. The fraction of sp³-hybridized carbons (Fsp3) is 0.125. The Labute approximate surface area is 117 Å². The SMILES string of the molecule is CC(=O)c1cccc(NC(=O)OCc2ccccc2)c1. The lowest BCUT2D eigenvalue weighted by Gasteiger charge is -2.07. The van der Waals surface area contributed by atoms with E-state index in [1.54, 1.807) is 24.3 Å². The molecule has 0 bridgehead atoms. The van der Waals surface area contributed by atoms with Crippen LogP contribution in [0.25, 0.3) is 0 Å². The summed E-state index contributed by atoms with van der Waals surface area (Å²) in [4.78, 5) is 22.9. The van der Waals surface area contributed by atoms with Crippen LogP contribution in [-0.2, 0) is 11.3 Å². The van der Waals surface area contributed by atoms with Gasteiger partial charge in [0, 0.05) is 11.3 Å². The number of ketones is 1.